The Kier molecular flexibility index (Phi) is 3.67. The Labute approximate surface area is 105 Å². The molecule has 1 heterocycles. The molecule has 0 saturated carbocycles. The lowest BCUT2D eigenvalue weighted by Crippen LogP contribution is -2.14. The highest BCUT2D eigenvalue weighted by Gasteiger charge is 2.21. The van der Waals surface area contributed by atoms with Gasteiger partial charge in [-0.1, -0.05) is 11.6 Å². The molecule has 0 aliphatic carbocycles. The molecule has 1 saturated heterocycles. The summed E-state index contributed by atoms with van der Waals surface area (Å²) in [5, 5.41) is 3.44. The van der Waals surface area contributed by atoms with E-state index in [1.54, 1.807) is 6.92 Å². The molecule has 92 valence electrons. The Morgan fingerprint density at radius 2 is 2.29 bits per heavy atom. The van der Waals surface area contributed by atoms with Crippen LogP contribution in [0, 0.1) is 18.7 Å². The number of rotatable bonds is 3. The predicted molar refractivity (Wildman–Crippen MR) is 65.6 cm³/mol. The normalized spacial score (nSPS) is 19.5. The fourth-order valence-electron chi connectivity index (χ4n) is 2.21. The first-order valence-corrected chi connectivity index (χ1v) is 6.15. The Hall–Kier alpha value is -1.09. The zero-order valence-corrected chi connectivity index (χ0v) is 10.5. The van der Waals surface area contributed by atoms with Gasteiger partial charge in [-0.05, 0) is 48.9 Å². The molecule has 0 radical (unpaired) electrons. The van der Waals surface area contributed by atoms with Crippen LogP contribution in [-0.4, -0.2) is 12.5 Å². The van der Waals surface area contributed by atoms with Crippen LogP contribution >= 0.6 is 11.6 Å². The van der Waals surface area contributed by atoms with Crippen LogP contribution in [0.3, 0.4) is 0 Å². The lowest BCUT2D eigenvalue weighted by atomic mass is 9.97. The first kappa shape index (κ1) is 12.4. The van der Waals surface area contributed by atoms with Crippen LogP contribution in [0.25, 0.3) is 0 Å². The van der Waals surface area contributed by atoms with Crippen molar-refractivity contribution in [3.63, 3.8) is 0 Å². The van der Waals surface area contributed by atoms with Crippen LogP contribution < -0.4 is 5.32 Å². The molecular formula is C13H15ClFNO. The summed E-state index contributed by atoms with van der Waals surface area (Å²) in [5.74, 6) is 0.209. The molecule has 1 N–H and O–H groups in total. The number of carbonyl (C=O) groups is 1. The van der Waals surface area contributed by atoms with Crippen molar-refractivity contribution in [3.05, 3.63) is 34.1 Å². The second-order valence-corrected chi connectivity index (χ2v) is 4.99. The molecule has 0 aromatic heterocycles. The molecule has 1 aliphatic heterocycles. The zero-order valence-electron chi connectivity index (χ0n) is 9.72. The molecule has 1 atom stereocenters. The minimum absolute atomic E-state index is 0.108. The molecule has 0 spiro atoms. The fraction of sp³-hybridized carbons (Fsp3) is 0.462. The number of carbonyl (C=O) groups excluding carboxylic acids is 1. The van der Waals surface area contributed by atoms with E-state index in [1.807, 2.05) is 0 Å². The molecular weight excluding hydrogens is 241 g/mol. The number of benzene rings is 1. The van der Waals surface area contributed by atoms with E-state index in [0.717, 1.165) is 30.5 Å². The SMILES string of the molecule is Cc1cc(F)cc(CC[C@@H]2CNC(=O)C2)c1Cl. The van der Waals surface area contributed by atoms with Crippen molar-refractivity contribution >= 4 is 17.5 Å². The Morgan fingerprint density at radius 1 is 1.53 bits per heavy atom. The van der Waals surface area contributed by atoms with E-state index >= 15 is 0 Å². The van der Waals surface area contributed by atoms with Crippen molar-refractivity contribution in [1.82, 2.24) is 5.32 Å². The minimum atomic E-state index is -0.248. The summed E-state index contributed by atoms with van der Waals surface area (Å²) in [5.41, 5.74) is 1.60. The van der Waals surface area contributed by atoms with Gasteiger partial charge in [-0.2, -0.15) is 0 Å². The predicted octanol–water partition coefficient (Wildman–Crippen LogP) is 2.86. The van der Waals surface area contributed by atoms with Crippen molar-refractivity contribution in [1.29, 1.82) is 0 Å². The lowest BCUT2D eigenvalue weighted by molar-refractivity contribution is -0.119. The van der Waals surface area contributed by atoms with Crippen molar-refractivity contribution in [2.24, 2.45) is 5.92 Å². The van der Waals surface area contributed by atoms with Gasteiger partial charge < -0.3 is 5.32 Å². The molecule has 2 nitrogen and oxygen atoms in total. The van der Waals surface area contributed by atoms with Crippen molar-refractivity contribution < 1.29 is 9.18 Å². The van der Waals surface area contributed by atoms with Crippen LogP contribution in [0.5, 0.6) is 0 Å². The Morgan fingerprint density at radius 3 is 2.94 bits per heavy atom. The highest BCUT2D eigenvalue weighted by Crippen LogP contribution is 2.25. The van der Waals surface area contributed by atoms with E-state index in [-0.39, 0.29) is 11.7 Å². The third-order valence-electron chi connectivity index (χ3n) is 3.18. The Balaban J connectivity index is 2.01. The average molecular weight is 256 g/mol. The molecule has 1 fully saturated rings. The van der Waals surface area contributed by atoms with Gasteiger partial charge in [-0.15, -0.1) is 0 Å². The summed E-state index contributed by atoms with van der Waals surface area (Å²) in [6, 6.07) is 2.92. The van der Waals surface area contributed by atoms with Crippen LogP contribution in [0.2, 0.25) is 5.02 Å². The molecule has 1 amide bonds. The maximum absolute atomic E-state index is 13.2. The minimum Gasteiger partial charge on any atom is -0.356 e. The topological polar surface area (TPSA) is 29.1 Å². The van der Waals surface area contributed by atoms with Gasteiger partial charge in [0.25, 0.3) is 0 Å². The molecule has 1 aromatic carbocycles. The van der Waals surface area contributed by atoms with E-state index in [4.69, 9.17) is 11.6 Å². The number of aryl methyl sites for hydroxylation is 2. The Bertz CT molecular complexity index is 447. The number of nitrogens with one attached hydrogen (secondary N) is 1. The van der Waals surface area contributed by atoms with E-state index in [9.17, 15) is 9.18 Å². The highest BCUT2D eigenvalue weighted by molar-refractivity contribution is 6.32. The average Bonchev–Trinajstić information content (AvgIpc) is 2.67. The molecule has 0 unspecified atom stereocenters. The second kappa shape index (κ2) is 5.05. The molecule has 0 bridgehead atoms. The van der Waals surface area contributed by atoms with Gasteiger partial charge in [0.05, 0.1) is 0 Å². The van der Waals surface area contributed by atoms with E-state index in [1.165, 1.54) is 12.1 Å². The van der Waals surface area contributed by atoms with Crippen LogP contribution in [-0.2, 0) is 11.2 Å². The first-order chi connectivity index (χ1) is 8.06. The number of amides is 1. The molecule has 2 rings (SSSR count). The van der Waals surface area contributed by atoms with Crippen LogP contribution in [0.15, 0.2) is 12.1 Å². The lowest BCUT2D eigenvalue weighted by Gasteiger charge is -2.10. The fourth-order valence-corrected chi connectivity index (χ4v) is 2.41. The number of hydrogen-bond donors (Lipinski definition) is 1. The first-order valence-electron chi connectivity index (χ1n) is 5.77. The number of hydrogen-bond acceptors (Lipinski definition) is 1. The van der Waals surface area contributed by atoms with Gasteiger partial charge >= 0.3 is 0 Å². The van der Waals surface area contributed by atoms with Gasteiger partial charge in [0.1, 0.15) is 5.82 Å². The molecule has 1 aliphatic rings. The maximum atomic E-state index is 13.2. The highest BCUT2D eigenvalue weighted by atomic mass is 35.5. The maximum Gasteiger partial charge on any atom is 0.220 e. The third kappa shape index (κ3) is 2.97. The van der Waals surface area contributed by atoms with Crippen molar-refractivity contribution in [2.75, 3.05) is 6.54 Å². The summed E-state index contributed by atoms with van der Waals surface area (Å²) < 4.78 is 13.2. The quantitative estimate of drug-likeness (QED) is 0.884. The monoisotopic (exact) mass is 255 g/mol. The van der Waals surface area contributed by atoms with E-state index in [0.29, 0.717) is 17.4 Å². The van der Waals surface area contributed by atoms with Crippen molar-refractivity contribution in [3.8, 4) is 0 Å². The van der Waals surface area contributed by atoms with Gasteiger partial charge in [0, 0.05) is 18.0 Å². The van der Waals surface area contributed by atoms with Gasteiger partial charge in [0.2, 0.25) is 5.91 Å². The van der Waals surface area contributed by atoms with Gasteiger partial charge in [-0.25, -0.2) is 4.39 Å². The largest absolute Gasteiger partial charge is 0.356 e. The van der Waals surface area contributed by atoms with Gasteiger partial charge in [-0.3, -0.25) is 4.79 Å². The number of halogens is 2. The summed E-state index contributed by atoms with van der Waals surface area (Å²) in [7, 11) is 0. The van der Waals surface area contributed by atoms with E-state index < -0.39 is 0 Å². The van der Waals surface area contributed by atoms with Crippen LogP contribution in [0.4, 0.5) is 4.39 Å². The third-order valence-corrected chi connectivity index (χ3v) is 3.72. The van der Waals surface area contributed by atoms with Gasteiger partial charge in [0.15, 0.2) is 0 Å². The van der Waals surface area contributed by atoms with Crippen LogP contribution in [0.1, 0.15) is 24.0 Å². The van der Waals surface area contributed by atoms with E-state index in [2.05, 4.69) is 5.32 Å². The molecule has 17 heavy (non-hydrogen) atoms. The zero-order chi connectivity index (χ0) is 12.4. The standard InChI is InChI=1S/C13H15ClFNO/c1-8-4-11(15)6-10(13(8)14)3-2-9-5-12(17)16-7-9/h4,6,9H,2-3,5,7H2,1H3,(H,16,17)/t9-/m0/s1. The molecule has 4 heteroatoms. The summed E-state index contributed by atoms with van der Waals surface area (Å²) in [6.45, 7) is 2.53. The smallest absolute Gasteiger partial charge is 0.220 e. The summed E-state index contributed by atoms with van der Waals surface area (Å²) in [4.78, 5) is 11.0. The second-order valence-electron chi connectivity index (χ2n) is 4.61. The summed E-state index contributed by atoms with van der Waals surface area (Å²) >= 11 is 6.13. The summed E-state index contributed by atoms with van der Waals surface area (Å²) in [6.07, 6.45) is 2.16. The van der Waals surface area contributed by atoms with Crippen molar-refractivity contribution in [2.45, 2.75) is 26.2 Å². The molecule has 1 aromatic rings.